The summed E-state index contributed by atoms with van der Waals surface area (Å²) < 4.78 is 0. The van der Waals surface area contributed by atoms with Gasteiger partial charge in [0.15, 0.2) is 0 Å². The molecule has 3 heteroatoms. The number of rotatable bonds is 1. The van der Waals surface area contributed by atoms with Gasteiger partial charge < -0.3 is 0 Å². The Morgan fingerprint density at radius 2 is 1.82 bits per heavy atom. The molecule has 0 aliphatic rings. The Bertz CT molecular complexity index is 683. The van der Waals surface area contributed by atoms with Crippen molar-refractivity contribution in [3.8, 4) is 11.1 Å². The van der Waals surface area contributed by atoms with E-state index in [2.05, 4.69) is 53.5 Å². The summed E-state index contributed by atoms with van der Waals surface area (Å²) >= 11 is 0. The molecule has 0 saturated heterocycles. The minimum absolute atomic E-state index is 0.903. The van der Waals surface area contributed by atoms with Gasteiger partial charge in [0.2, 0.25) is 0 Å². The number of aryl methyl sites for hydroxylation is 2. The summed E-state index contributed by atoms with van der Waals surface area (Å²) in [6, 6.07) is 12.5. The van der Waals surface area contributed by atoms with Crippen molar-refractivity contribution in [2.24, 2.45) is 0 Å². The summed E-state index contributed by atoms with van der Waals surface area (Å²) in [5.41, 5.74) is 6.74. The zero-order chi connectivity index (χ0) is 11.8. The van der Waals surface area contributed by atoms with Crippen LogP contribution in [0.5, 0.6) is 0 Å². The molecule has 1 N–H and O–H groups in total. The maximum absolute atomic E-state index is 4.21. The molecule has 0 atom stereocenters. The smallest absolute Gasteiger partial charge is 0.120 e. The summed E-state index contributed by atoms with van der Waals surface area (Å²) in [6.07, 6.45) is 0. The fourth-order valence-electron chi connectivity index (χ4n) is 2.01. The highest BCUT2D eigenvalue weighted by atomic mass is 15.3. The van der Waals surface area contributed by atoms with Gasteiger partial charge in [-0.3, -0.25) is 0 Å². The van der Waals surface area contributed by atoms with E-state index in [0.717, 1.165) is 16.6 Å². The van der Waals surface area contributed by atoms with Crippen molar-refractivity contribution in [3.63, 3.8) is 0 Å². The van der Waals surface area contributed by atoms with E-state index in [9.17, 15) is 0 Å². The molecule has 0 unspecified atom stereocenters. The first-order chi connectivity index (χ1) is 8.25. The summed E-state index contributed by atoms with van der Waals surface area (Å²) in [5, 5.41) is 11.0. The lowest BCUT2D eigenvalue weighted by molar-refractivity contribution is 0.959. The lowest BCUT2D eigenvalue weighted by Crippen LogP contribution is -1.85. The molecule has 3 aromatic rings. The predicted molar refractivity (Wildman–Crippen MR) is 68.8 cm³/mol. The van der Waals surface area contributed by atoms with Gasteiger partial charge in [0.1, 0.15) is 11.0 Å². The molecule has 0 fully saturated rings. The lowest BCUT2D eigenvalue weighted by Gasteiger charge is -2.05. The van der Waals surface area contributed by atoms with Gasteiger partial charge >= 0.3 is 0 Å². The van der Waals surface area contributed by atoms with Gasteiger partial charge in [0, 0.05) is 5.56 Å². The number of hydrogen-bond acceptors (Lipinski definition) is 2. The van der Waals surface area contributed by atoms with E-state index < -0.39 is 0 Å². The number of aromatic amines is 1. The number of fused-ring (bicyclic) bond motifs is 1. The zero-order valence-electron chi connectivity index (χ0n) is 9.86. The maximum atomic E-state index is 4.21. The number of para-hydroxylation sites is 1. The Morgan fingerprint density at radius 1 is 0.941 bits per heavy atom. The van der Waals surface area contributed by atoms with E-state index in [1.165, 1.54) is 16.7 Å². The number of H-pyrrole nitrogens is 1. The molecular formula is C14H13N3. The minimum atomic E-state index is 0.903. The first-order valence-electron chi connectivity index (χ1n) is 5.63. The predicted octanol–water partition coefficient (Wildman–Crippen LogP) is 3.24. The van der Waals surface area contributed by atoms with Crippen LogP contribution in [0.4, 0.5) is 0 Å². The average molecular weight is 223 g/mol. The monoisotopic (exact) mass is 223 g/mol. The number of hydrogen-bond donors (Lipinski definition) is 1. The summed E-state index contributed by atoms with van der Waals surface area (Å²) in [4.78, 5) is 0. The number of nitrogens with one attached hydrogen (secondary N) is 1. The first kappa shape index (κ1) is 10.0. The van der Waals surface area contributed by atoms with Crippen LogP contribution in [0.1, 0.15) is 11.1 Å². The molecule has 3 rings (SSSR count). The van der Waals surface area contributed by atoms with Crippen LogP contribution in [-0.4, -0.2) is 15.4 Å². The Morgan fingerprint density at radius 3 is 2.65 bits per heavy atom. The lowest BCUT2D eigenvalue weighted by atomic mass is 9.99. The SMILES string of the molecule is Cc1ccc(-c2cccc3n[nH]nc23)cc1C. The molecular weight excluding hydrogens is 210 g/mol. The molecule has 0 bridgehead atoms. The van der Waals surface area contributed by atoms with Crippen LogP contribution in [0.25, 0.3) is 22.2 Å². The van der Waals surface area contributed by atoms with Crippen molar-refractivity contribution >= 4 is 11.0 Å². The second kappa shape index (κ2) is 3.70. The fraction of sp³-hybridized carbons (Fsp3) is 0.143. The Kier molecular flexibility index (Phi) is 2.18. The van der Waals surface area contributed by atoms with Gasteiger partial charge in [0.25, 0.3) is 0 Å². The molecule has 0 saturated carbocycles. The molecule has 1 aromatic heterocycles. The topological polar surface area (TPSA) is 41.6 Å². The first-order valence-corrected chi connectivity index (χ1v) is 5.63. The quantitative estimate of drug-likeness (QED) is 0.688. The van der Waals surface area contributed by atoms with Crippen LogP contribution in [0, 0.1) is 13.8 Å². The highest BCUT2D eigenvalue weighted by Crippen LogP contribution is 2.27. The van der Waals surface area contributed by atoms with Crippen LogP contribution in [-0.2, 0) is 0 Å². The fourth-order valence-corrected chi connectivity index (χ4v) is 2.01. The highest BCUT2D eigenvalue weighted by molar-refractivity contribution is 5.91. The summed E-state index contributed by atoms with van der Waals surface area (Å²) in [6.45, 7) is 4.25. The third kappa shape index (κ3) is 1.60. The molecule has 0 amide bonds. The van der Waals surface area contributed by atoms with Crippen molar-refractivity contribution < 1.29 is 0 Å². The van der Waals surface area contributed by atoms with Crippen LogP contribution in [0.3, 0.4) is 0 Å². The highest BCUT2D eigenvalue weighted by Gasteiger charge is 2.07. The number of nitrogens with zero attached hydrogens (tertiary/aromatic N) is 2. The van der Waals surface area contributed by atoms with Gasteiger partial charge in [-0.25, -0.2) is 0 Å². The average Bonchev–Trinajstić information content (AvgIpc) is 2.80. The summed E-state index contributed by atoms with van der Waals surface area (Å²) in [7, 11) is 0. The Balaban J connectivity index is 2.26. The third-order valence-corrected chi connectivity index (χ3v) is 3.16. The second-order valence-corrected chi connectivity index (χ2v) is 4.30. The maximum Gasteiger partial charge on any atom is 0.120 e. The van der Waals surface area contributed by atoms with Gasteiger partial charge in [-0.2, -0.15) is 15.4 Å². The van der Waals surface area contributed by atoms with Crippen molar-refractivity contribution in [3.05, 3.63) is 47.5 Å². The molecule has 0 spiro atoms. The van der Waals surface area contributed by atoms with Crippen molar-refractivity contribution in [2.75, 3.05) is 0 Å². The molecule has 0 aliphatic carbocycles. The molecule has 17 heavy (non-hydrogen) atoms. The van der Waals surface area contributed by atoms with E-state index in [0.29, 0.717) is 0 Å². The van der Waals surface area contributed by atoms with Crippen LogP contribution in [0.2, 0.25) is 0 Å². The van der Waals surface area contributed by atoms with Gasteiger partial charge in [-0.05, 0) is 36.6 Å². The minimum Gasteiger partial charge on any atom is -0.197 e. The zero-order valence-corrected chi connectivity index (χ0v) is 9.86. The van der Waals surface area contributed by atoms with Crippen LogP contribution < -0.4 is 0 Å². The standard InChI is InChI=1S/C14H13N3/c1-9-6-7-11(8-10(9)2)12-4-3-5-13-14(12)16-17-15-13/h3-8H,1-2H3,(H,15,16,17). The van der Waals surface area contributed by atoms with Gasteiger partial charge in [-0.15, -0.1) is 0 Å². The number of benzene rings is 2. The second-order valence-electron chi connectivity index (χ2n) is 4.30. The van der Waals surface area contributed by atoms with Crippen molar-refractivity contribution in [1.82, 2.24) is 15.4 Å². The van der Waals surface area contributed by atoms with Crippen molar-refractivity contribution in [1.29, 1.82) is 0 Å². The molecule has 0 aliphatic heterocycles. The van der Waals surface area contributed by atoms with Gasteiger partial charge in [-0.1, -0.05) is 30.3 Å². The largest absolute Gasteiger partial charge is 0.197 e. The third-order valence-electron chi connectivity index (χ3n) is 3.16. The van der Waals surface area contributed by atoms with Crippen LogP contribution >= 0.6 is 0 Å². The number of aromatic nitrogens is 3. The van der Waals surface area contributed by atoms with E-state index in [1.807, 2.05) is 12.1 Å². The molecule has 2 aromatic carbocycles. The molecule has 3 nitrogen and oxygen atoms in total. The van der Waals surface area contributed by atoms with E-state index in [-0.39, 0.29) is 0 Å². The van der Waals surface area contributed by atoms with E-state index >= 15 is 0 Å². The summed E-state index contributed by atoms with van der Waals surface area (Å²) in [5.74, 6) is 0. The van der Waals surface area contributed by atoms with E-state index in [4.69, 9.17) is 0 Å². The Hall–Kier alpha value is -2.16. The molecule has 84 valence electrons. The van der Waals surface area contributed by atoms with E-state index in [1.54, 1.807) is 0 Å². The van der Waals surface area contributed by atoms with Crippen LogP contribution in [0.15, 0.2) is 36.4 Å². The van der Waals surface area contributed by atoms with Crippen molar-refractivity contribution in [2.45, 2.75) is 13.8 Å². The molecule has 0 radical (unpaired) electrons. The Labute approximate surface area is 99.5 Å². The van der Waals surface area contributed by atoms with Gasteiger partial charge in [0.05, 0.1) is 0 Å². The normalized spacial score (nSPS) is 10.9. The molecule has 1 heterocycles.